The van der Waals surface area contributed by atoms with Crippen molar-refractivity contribution < 1.29 is 46.4 Å². The number of fused-ring (bicyclic) bond motifs is 2. The van der Waals surface area contributed by atoms with E-state index in [1.54, 1.807) is 34.6 Å². The number of aromatic nitrogens is 1. The molecule has 0 bridgehead atoms. The molecule has 4 N–H and O–H groups in total. The van der Waals surface area contributed by atoms with Gasteiger partial charge in [-0.05, 0) is 82.6 Å². The van der Waals surface area contributed by atoms with Crippen molar-refractivity contribution in [1.82, 2.24) is 5.16 Å². The number of aromatic hydroxyl groups is 2. The Labute approximate surface area is 265 Å². The number of benzene rings is 3. The number of hydrogen-bond acceptors (Lipinski definition) is 12. The van der Waals surface area contributed by atoms with Crippen LogP contribution >= 0.6 is 7.60 Å². The van der Waals surface area contributed by atoms with Crippen molar-refractivity contribution in [3.8, 4) is 11.5 Å². The van der Waals surface area contributed by atoms with Crippen LogP contribution in [0, 0.1) is 6.92 Å². The summed E-state index contributed by atoms with van der Waals surface area (Å²) in [5, 5.41) is 28.1. The lowest BCUT2D eigenvalue weighted by Crippen LogP contribution is -2.23. The summed E-state index contributed by atoms with van der Waals surface area (Å²) in [6, 6.07) is 13.5. The number of nitrogens with one attached hydrogen (secondary N) is 2. The maximum atomic E-state index is 14.5. The fourth-order valence-corrected chi connectivity index (χ4v) is 8.31. The molecule has 1 aliphatic carbocycles. The molecule has 46 heavy (non-hydrogen) atoms. The maximum absolute atomic E-state index is 14.5. The van der Waals surface area contributed by atoms with Crippen LogP contribution in [0.5, 0.6) is 11.5 Å². The van der Waals surface area contributed by atoms with Crippen LogP contribution in [0.2, 0.25) is 0 Å². The van der Waals surface area contributed by atoms with Gasteiger partial charge in [0.2, 0.25) is 5.78 Å². The van der Waals surface area contributed by atoms with Gasteiger partial charge in [0.1, 0.15) is 17.3 Å². The number of aryl methyl sites for hydroxylation is 1. The molecule has 1 aromatic heterocycles. The number of anilines is 2. The maximum Gasteiger partial charge on any atom is 0.357 e. The van der Waals surface area contributed by atoms with E-state index < -0.39 is 58.7 Å². The first-order chi connectivity index (χ1) is 21.6. The van der Waals surface area contributed by atoms with E-state index in [4.69, 9.17) is 13.6 Å². The molecule has 0 spiro atoms. The van der Waals surface area contributed by atoms with Crippen LogP contribution in [0.3, 0.4) is 0 Å². The molecule has 242 valence electrons. The standard InChI is InChI=1S/C31H32N3O10PS/c1-16(2)43-45(39,44-17(3)4)31(32-20-9-11-21(12-10-20)46(40,41)34-26-13-18(5)42-33-26)19-14-23-28(25(36)15-19)30(38)27-22(29(23)37)7-6-8-24(27)35/h6-17,31-32,35-36H,1-5H3,(H,33,34). The van der Waals surface area contributed by atoms with Crippen LogP contribution in [0.1, 0.15) is 76.6 Å². The van der Waals surface area contributed by atoms with E-state index in [1.165, 1.54) is 60.7 Å². The van der Waals surface area contributed by atoms with Gasteiger partial charge in [-0.1, -0.05) is 17.3 Å². The number of phenols is 2. The number of rotatable bonds is 11. The number of hydrogen-bond donors (Lipinski definition) is 4. The summed E-state index contributed by atoms with van der Waals surface area (Å²) in [5.41, 5.74) is -0.374. The predicted octanol–water partition coefficient (Wildman–Crippen LogP) is 6.12. The fourth-order valence-electron chi connectivity index (χ4n) is 5.04. The summed E-state index contributed by atoms with van der Waals surface area (Å²) in [6.07, 6.45) is -1.17. The lowest BCUT2D eigenvalue weighted by atomic mass is 9.82. The van der Waals surface area contributed by atoms with Crippen LogP contribution < -0.4 is 10.0 Å². The largest absolute Gasteiger partial charge is 0.507 e. The second-order valence-corrected chi connectivity index (χ2v) is 14.9. The van der Waals surface area contributed by atoms with E-state index in [1.807, 2.05) is 0 Å². The van der Waals surface area contributed by atoms with Gasteiger partial charge in [0, 0.05) is 22.9 Å². The van der Waals surface area contributed by atoms with Crippen molar-refractivity contribution in [3.05, 3.63) is 94.2 Å². The van der Waals surface area contributed by atoms with Gasteiger partial charge < -0.3 is 29.1 Å². The molecule has 4 aromatic rings. The van der Waals surface area contributed by atoms with E-state index >= 15 is 0 Å². The Hall–Kier alpha value is -4.49. The van der Waals surface area contributed by atoms with Crippen molar-refractivity contribution in [2.24, 2.45) is 0 Å². The Balaban J connectivity index is 1.58. The van der Waals surface area contributed by atoms with Crippen LogP contribution in [-0.2, 0) is 23.6 Å². The van der Waals surface area contributed by atoms with Crippen LogP contribution in [0.4, 0.5) is 11.5 Å². The normalized spacial score (nSPS) is 13.9. The molecule has 15 heteroatoms. The average molecular weight is 670 g/mol. The van der Waals surface area contributed by atoms with Gasteiger partial charge in [-0.3, -0.25) is 18.9 Å². The Morgan fingerprint density at radius 3 is 2.07 bits per heavy atom. The Morgan fingerprint density at radius 1 is 0.848 bits per heavy atom. The van der Waals surface area contributed by atoms with Crippen molar-refractivity contribution >= 4 is 40.7 Å². The zero-order valence-electron chi connectivity index (χ0n) is 25.5. The summed E-state index contributed by atoms with van der Waals surface area (Å²) in [7, 11) is -8.23. The van der Waals surface area contributed by atoms with Gasteiger partial charge in [0.25, 0.3) is 10.0 Å². The summed E-state index contributed by atoms with van der Waals surface area (Å²) >= 11 is 0. The fraction of sp³-hybridized carbons (Fsp3) is 0.258. The third kappa shape index (κ3) is 6.42. The first-order valence-corrected chi connectivity index (χ1v) is 17.3. The van der Waals surface area contributed by atoms with Gasteiger partial charge in [-0.15, -0.1) is 0 Å². The molecule has 0 saturated heterocycles. The summed E-state index contributed by atoms with van der Waals surface area (Å²) in [6.45, 7) is 8.25. The molecule has 0 fully saturated rings. The number of carbonyl (C=O) groups excluding carboxylic acids is 2. The van der Waals surface area contributed by atoms with Crippen LogP contribution in [0.15, 0.2) is 70.1 Å². The Morgan fingerprint density at radius 2 is 1.48 bits per heavy atom. The van der Waals surface area contributed by atoms with Gasteiger partial charge >= 0.3 is 7.60 Å². The highest BCUT2D eigenvalue weighted by Crippen LogP contribution is 2.63. The number of sulfonamides is 1. The molecule has 1 unspecified atom stereocenters. The minimum absolute atomic E-state index is 0.00968. The number of carbonyl (C=O) groups is 2. The van der Waals surface area contributed by atoms with E-state index in [0.717, 1.165) is 0 Å². The minimum atomic E-state index is -4.19. The van der Waals surface area contributed by atoms with Gasteiger partial charge in [-0.2, -0.15) is 0 Å². The molecule has 5 rings (SSSR count). The number of phenolic OH excluding ortho intramolecular Hbond substituents is 2. The number of nitrogens with zero attached hydrogens (tertiary/aromatic N) is 1. The van der Waals surface area contributed by atoms with Crippen LogP contribution in [0.25, 0.3) is 0 Å². The minimum Gasteiger partial charge on any atom is -0.507 e. The van der Waals surface area contributed by atoms with Crippen molar-refractivity contribution in [2.75, 3.05) is 10.0 Å². The third-order valence-corrected chi connectivity index (χ3v) is 10.7. The van der Waals surface area contributed by atoms with Gasteiger partial charge in [0.15, 0.2) is 17.4 Å². The highest BCUT2D eigenvalue weighted by Gasteiger charge is 2.42. The van der Waals surface area contributed by atoms with E-state index in [9.17, 15) is 32.8 Å². The van der Waals surface area contributed by atoms with Crippen molar-refractivity contribution in [2.45, 2.75) is 57.5 Å². The summed E-state index contributed by atoms with van der Waals surface area (Å²) in [4.78, 5) is 26.8. The molecule has 0 radical (unpaired) electrons. The molecular weight excluding hydrogens is 637 g/mol. The molecule has 3 aromatic carbocycles. The molecule has 1 aliphatic rings. The zero-order valence-corrected chi connectivity index (χ0v) is 27.2. The number of ketones is 2. The topological polar surface area (TPSA) is 194 Å². The van der Waals surface area contributed by atoms with Gasteiger partial charge in [-0.25, -0.2) is 8.42 Å². The third-order valence-electron chi connectivity index (χ3n) is 6.81. The Kier molecular flexibility index (Phi) is 8.84. The molecule has 0 saturated carbocycles. The first-order valence-electron chi connectivity index (χ1n) is 14.2. The molecule has 13 nitrogen and oxygen atoms in total. The monoisotopic (exact) mass is 669 g/mol. The Bertz CT molecular complexity index is 1970. The highest BCUT2D eigenvalue weighted by molar-refractivity contribution is 7.92. The quantitative estimate of drug-likeness (QED) is 0.118. The van der Waals surface area contributed by atoms with Crippen LogP contribution in [-0.4, -0.2) is 47.6 Å². The van der Waals surface area contributed by atoms with E-state index in [2.05, 4.69) is 15.2 Å². The molecule has 0 aliphatic heterocycles. The SMILES string of the molecule is Cc1cc(NS(=O)(=O)c2ccc(NC(c3cc(O)c4c(c3)C(=O)c3cccc(O)c3C4=O)P(=O)(OC(C)C)OC(C)C)cc2)no1. The lowest BCUT2D eigenvalue weighted by molar-refractivity contribution is 0.0974. The summed E-state index contributed by atoms with van der Waals surface area (Å²) in [5.74, 6) is -3.28. The summed E-state index contributed by atoms with van der Waals surface area (Å²) < 4.78 is 59.3. The van der Waals surface area contributed by atoms with Crippen molar-refractivity contribution in [3.63, 3.8) is 0 Å². The molecule has 1 atom stereocenters. The zero-order chi connectivity index (χ0) is 33.6. The second kappa shape index (κ2) is 12.4. The molecule has 1 heterocycles. The van der Waals surface area contributed by atoms with Gasteiger partial charge in [0.05, 0.1) is 28.2 Å². The van der Waals surface area contributed by atoms with Crippen molar-refractivity contribution in [1.29, 1.82) is 0 Å². The molecule has 0 amide bonds. The lowest BCUT2D eigenvalue weighted by Gasteiger charge is -2.32. The molecular formula is C31H32N3O10PS. The van der Waals surface area contributed by atoms with E-state index in [0.29, 0.717) is 5.76 Å². The average Bonchev–Trinajstić information content (AvgIpc) is 3.36. The second-order valence-electron chi connectivity index (χ2n) is 11.2. The smallest absolute Gasteiger partial charge is 0.357 e. The predicted molar refractivity (Wildman–Crippen MR) is 168 cm³/mol. The highest BCUT2D eigenvalue weighted by atomic mass is 32.2. The first kappa shape index (κ1) is 32.9. The van der Waals surface area contributed by atoms with E-state index in [-0.39, 0.29) is 44.2 Å².